The minimum absolute atomic E-state index is 0.0543. The van der Waals surface area contributed by atoms with Crippen molar-refractivity contribution >= 4 is 11.8 Å². The maximum atomic E-state index is 13.2. The van der Waals surface area contributed by atoms with Crippen molar-refractivity contribution in [3.63, 3.8) is 0 Å². The van der Waals surface area contributed by atoms with Gasteiger partial charge in [0.2, 0.25) is 0 Å². The Hall–Kier alpha value is -2.69. The summed E-state index contributed by atoms with van der Waals surface area (Å²) in [6.45, 7) is 0. The maximum Gasteiger partial charge on any atom is 0.303 e. The van der Waals surface area contributed by atoms with Gasteiger partial charge in [0.25, 0.3) is 0 Å². The number of carboxylic acids is 1. The van der Waals surface area contributed by atoms with Crippen LogP contribution in [0.5, 0.6) is 5.75 Å². The first-order valence-corrected chi connectivity index (χ1v) is 6.31. The lowest BCUT2D eigenvalue weighted by molar-refractivity contribution is -0.136. The zero-order chi connectivity index (χ0) is 15.4. The number of phenolic OH excluding ortho intramolecular Hbond substituents is 1. The first-order chi connectivity index (χ1) is 9.97. The number of hydrogen-bond donors (Lipinski definition) is 2. The van der Waals surface area contributed by atoms with Crippen LogP contribution in [0.15, 0.2) is 42.5 Å². The van der Waals surface area contributed by atoms with E-state index in [-0.39, 0.29) is 24.4 Å². The van der Waals surface area contributed by atoms with Gasteiger partial charge in [-0.3, -0.25) is 9.59 Å². The number of rotatable bonds is 5. The van der Waals surface area contributed by atoms with Crippen molar-refractivity contribution in [2.24, 2.45) is 0 Å². The zero-order valence-corrected chi connectivity index (χ0v) is 11.0. The van der Waals surface area contributed by atoms with Crippen LogP contribution in [-0.2, 0) is 4.79 Å². The fourth-order valence-electron chi connectivity index (χ4n) is 1.94. The summed E-state index contributed by atoms with van der Waals surface area (Å²) in [6.07, 6.45) is -0.287. The van der Waals surface area contributed by atoms with Crippen molar-refractivity contribution < 1.29 is 24.2 Å². The number of ketones is 1. The molecule has 0 atom stereocenters. The molecule has 0 aromatic heterocycles. The first-order valence-electron chi connectivity index (χ1n) is 6.31. The number of halogens is 1. The highest BCUT2D eigenvalue weighted by atomic mass is 19.1. The largest absolute Gasteiger partial charge is 0.507 e. The lowest BCUT2D eigenvalue weighted by Crippen LogP contribution is -2.03. The fraction of sp³-hybridized carbons (Fsp3) is 0.125. The van der Waals surface area contributed by atoms with Crippen LogP contribution in [0.3, 0.4) is 0 Å². The van der Waals surface area contributed by atoms with Gasteiger partial charge >= 0.3 is 5.97 Å². The Labute approximate surface area is 120 Å². The Balaban J connectivity index is 2.20. The highest BCUT2D eigenvalue weighted by Gasteiger charge is 2.10. The highest BCUT2D eigenvalue weighted by molar-refractivity contribution is 5.97. The maximum absolute atomic E-state index is 13.2. The van der Waals surface area contributed by atoms with E-state index in [0.29, 0.717) is 16.7 Å². The number of aliphatic carboxylic acids is 1. The van der Waals surface area contributed by atoms with Gasteiger partial charge in [0, 0.05) is 17.5 Å². The molecule has 0 amide bonds. The van der Waals surface area contributed by atoms with E-state index >= 15 is 0 Å². The quantitative estimate of drug-likeness (QED) is 0.828. The first kappa shape index (κ1) is 14.7. The molecule has 0 aliphatic heterocycles. The summed E-state index contributed by atoms with van der Waals surface area (Å²) in [5.74, 6) is -1.82. The molecular weight excluding hydrogens is 275 g/mol. The van der Waals surface area contributed by atoms with Crippen LogP contribution in [0.2, 0.25) is 0 Å². The van der Waals surface area contributed by atoms with Crippen molar-refractivity contribution in [1.29, 1.82) is 0 Å². The molecule has 0 saturated carbocycles. The molecule has 0 bridgehead atoms. The van der Waals surface area contributed by atoms with Gasteiger partial charge in [0.15, 0.2) is 5.78 Å². The molecular formula is C16H13FO4. The van der Waals surface area contributed by atoms with E-state index in [2.05, 4.69) is 0 Å². The lowest BCUT2D eigenvalue weighted by Gasteiger charge is -2.06. The molecule has 5 heteroatoms. The van der Waals surface area contributed by atoms with Gasteiger partial charge in [-0.15, -0.1) is 0 Å². The number of Topliss-reactive ketones (excluding diaryl/α,β-unsaturated/α-hetero) is 1. The summed E-state index contributed by atoms with van der Waals surface area (Å²) >= 11 is 0. The summed E-state index contributed by atoms with van der Waals surface area (Å²) in [5.41, 5.74) is 1.29. The van der Waals surface area contributed by atoms with Crippen LogP contribution in [-0.4, -0.2) is 22.0 Å². The average molecular weight is 288 g/mol. The van der Waals surface area contributed by atoms with E-state index in [1.54, 1.807) is 12.1 Å². The monoisotopic (exact) mass is 288 g/mol. The number of hydrogen-bond acceptors (Lipinski definition) is 3. The Kier molecular flexibility index (Phi) is 4.33. The summed E-state index contributed by atoms with van der Waals surface area (Å²) in [5, 5.41) is 18.3. The summed E-state index contributed by atoms with van der Waals surface area (Å²) in [7, 11) is 0. The molecule has 0 heterocycles. The Bertz CT molecular complexity index is 677. The molecule has 4 nitrogen and oxygen atoms in total. The Morgan fingerprint density at radius 3 is 2.29 bits per heavy atom. The van der Waals surface area contributed by atoms with Gasteiger partial charge in [-0.1, -0.05) is 24.3 Å². The molecule has 2 rings (SSSR count). The number of phenols is 1. The predicted octanol–water partition coefficient (Wildman–Crippen LogP) is 3.25. The molecule has 2 N–H and O–H groups in total. The molecule has 0 aliphatic carbocycles. The molecule has 108 valence electrons. The third-order valence-corrected chi connectivity index (χ3v) is 3.04. The van der Waals surface area contributed by atoms with Crippen molar-refractivity contribution in [1.82, 2.24) is 0 Å². The minimum atomic E-state index is -1.02. The number of aromatic hydroxyl groups is 1. The standard InChI is InChI=1S/C16H13FO4/c17-12-5-6-15(19)13(9-12)10-1-3-11(4-2-10)14(18)7-8-16(20)21/h1-6,9,19H,7-8H2,(H,20,21). The number of carbonyl (C=O) groups is 2. The minimum Gasteiger partial charge on any atom is -0.507 e. The van der Waals surface area contributed by atoms with Crippen molar-refractivity contribution in [3.05, 3.63) is 53.8 Å². The molecule has 0 saturated heterocycles. The van der Waals surface area contributed by atoms with Crippen molar-refractivity contribution in [3.8, 4) is 16.9 Å². The molecule has 2 aromatic rings. The summed E-state index contributed by atoms with van der Waals surface area (Å²) in [6, 6.07) is 9.86. The normalized spacial score (nSPS) is 10.3. The molecule has 0 spiro atoms. The number of benzene rings is 2. The average Bonchev–Trinajstić information content (AvgIpc) is 2.47. The van der Waals surface area contributed by atoms with Gasteiger partial charge in [-0.2, -0.15) is 0 Å². The van der Waals surface area contributed by atoms with Crippen LogP contribution in [0.4, 0.5) is 4.39 Å². The van der Waals surface area contributed by atoms with Crippen molar-refractivity contribution in [2.75, 3.05) is 0 Å². The van der Waals surface area contributed by atoms with Crippen LogP contribution in [0.1, 0.15) is 23.2 Å². The molecule has 21 heavy (non-hydrogen) atoms. The third-order valence-electron chi connectivity index (χ3n) is 3.04. The zero-order valence-electron chi connectivity index (χ0n) is 11.0. The topological polar surface area (TPSA) is 74.6 Å². The Morgan fingerprint density at radius 1 is 1.00 bits per heavy atom. The molecule has 0 radical (unpaired) electrons. The van der Waals surface area contributed by atoms with Crippen LogP contribution < -0.4 is 0 Å². The van der Waals surface area contributed by atoms with Gasteiger partial charge in [-0.05, 0) is 23.8 Å². The fourth-order valence-corrected chi connectivity index (χ4v) is 1.94. The van der Waals surface area contributed by atoms with Crippen LogP contribution in [0, 0.1) is 5.82 Å². The van der Waals surface area contributed by atoms with E-state index in [0.717, 1.165) is 6.07 Å². The molecule has 2 aromatic carbocycles. The summed E-state index contributed by atoms with van der Waals surface area (Å²) < 4.78 is 13.2. The predicted molar refractivity (Wildman–Crippen MR) is 74.7 cm³/mol. The van der Waals surface area contributed by atoms with Crippen LogP contribution >= 0.6 is 0 Å². The second kappa shape index (κ2) is 6.17. The lowest BCUT2D eigenvalue weighted by atomic mass is 10.00. The van der Waals surface area contributed by atoms with E-state index in [1.165, 1.54) is 24.3 Å². The number of carbonyl (C=O) groups excluding carboxylic acids is 1. The number of carboxylic acid groups (broad SMARTS) is 1. The van der Waals surface area contributed by atoms with Crippen molar-refractivity contribution in [2.45, 2.75) is 12.8 Å². The van der Waals surface area contributed by atoms with Gasteiger partial charge in [0.1, 0.15) is 11.6 Å². The van der Waals surface area contributed by atoms with E-state index in [9.17, 15) is 19.1 Å². The van der Waals surface area contributed by atoms with E-state index < -0.39 is 11.8 Å². The van der Waals surface area contributed by atoms with Gasteiger partial charge in [0.05, 0.1) is 6.42 Å². The summed E-state index contributed by atoms with van der Waals surface area (Å²) in [4.78, 5) is 22.2. The van der Waals surface area contributed by atoms with E-state index in [1.807, 2.05) is 0 Å². The van der Waals surface area contributed by atoms with Crippen LogP contribution in [0.25, 0.3) is 11.1 Å². The van der Waals surface area contributed by atoms with E-state index in [4.69, 9.17) is 5.11 Å². The van der Waals surface area contributed by atoms with Gasteiger partial charge in [-0.25, -0.2) is 4.39 Å². The van der Waals surface area contributed by atoms with Gasteiger partial charge < -0.3 is 10.2 Å². The Morgan fingerprint density at radius 2 is 1.67 bits per heavy atom. The second-order valence-corrected chi connectivity index (χ2v) is 4.56. The highest BCUT2D eigenvalue weighted by Crippen LogP contribution is 2.29. The smallest absolute Gasteiger partial charge is 0.303 e. The SMILES string of the molecule is O=C(O)CCC(=O)c1ccc(-c2cc(F)ccc2O)cc1. The molecule has 0 aliphatic rings. The molecule has 0 fully saturated rings. The second-order valence-electron chi connectivity index (χ2n) is 4.56. The molecule has 0 unspecified atom stereocenters. The third kappa shape index (κ3) is 3.66.